The second-order valence-electron chi connectivity index (χ2n) is 5.02. The molecule has 3 rings (SSSR count). The lowest BCUT2D eigenvalue weighted by Gasteiger charge is -2.07. The van der Waals surface area contributed by atoms with Crippen LogP contribution >= 0.6 is 11.6 Å². The molecule has 4 heteroatoms. The van der Waals surface area contributed by atoms with Crippen molar-refractivity contribution in [3.63, 3.8) is 0 Å². The Bertz CT molecular complexity index is 810. The molecular weight excluding hydrogens is 296 g/mol. The average molecular weight is 311 g/mol. The molecule has 3 aromatic rings. The summed E-state index contributed by atoms with van der Waals surface area (Å²) in [4.78, 5) is 12.0. The van der Waals surface area contributed by atoms with E-state index in [1.807, 2.05) is 54.6 Å². The van der Waals surface area contributed by atoms with Crippen LogP contribution in [0, 0.1) is 0 Å². The molecule has 0 unspecified atom stereocenters. The maximum absolute atomic E-state index is 12.0. The van der Waals surface area contributed by atoms with Gasteiger partial charge in [-0.3, -0.25) is 4.79 Å². The summed E-state index contributed by atoms with van der Waals surface area (Å²) < 4.78 is 1.51. The predicted octanol–water partition coefficient (Wildman–Crippen LogP) is 3.81. The molecule has 0 radical (unpaired) electrons. The van der Waals surface area contributed by atoms with Crippen LogP contribution < -0.4 is 5.56 Å². The number of halogens is 1. The third-order valence-electron chi connectivity index (χ3n) is 3.46. The molecule has 1 heterocycles. The molecule has 110 valence electrons. The van der Waals surface area contributed by atoms with Gasteiger partial charge in [-0.25, -0.2) is 4.68 Å². The molecule has 3 nitrogen and oxygen atoms in total. The van der Waals surface area contributed by atoms with Gasteiger partial charge in [0.05, 0.1) is 5.69 Å². The van der Waals surface area contributed by atoms with Gasteiger partial charge in [-0.15, -0.1) is 0 Å². The molecule has 22 heavy (non-hydrogen) atoms. The van der Waals surface area contributed by atoms with Crippen LogP contribution in [0.15, 0.2) is 71.5 Å². The summed E-state index contributed by atoms with van der Waals surface area (Å²) in [5.74, 6) is 0. The summed E-state index contributed by atoms with van der Waals surface area (Å²) in [7, 11) is 0. The second-order valence-corrected chi connectivity index (χ2v) is 5.46. The summed E-state index contributed by atoms with van der Waals surface area (Å²) >= 11 is 5.90. The van der Waals surface area contributed by atoms with Gasteiger partial charge < -0.3 is 0 Å². The van der Waals surface area contributed by atoms with E-state index in [-0.39, 0.29) is 5.56 Å². The Balaban J connectivity index is 1.84. The topological polar surface area (TPSA) is 34.9 Å². The lowest BCUT2D eigenvalue weighted by atomic mass is 10.1. The van der Waals surface area contributed by atoms with Gasteiger partial charge in [0, 0.05) is 23.2 Å². The molecule has 0 saturated heterocycles. The van der Waals surface area contributed by atoms with Gasteiger partial charge in [0.15, 0.2) is 0 Å². The van der Waals surface area contributed by atoms with E-state index in [0.717, 1.165) is 17.7 Å². The minimum atomic E-state index is -0.0892. The first kappa shape index (κ1) is 14.5. The molecule has 0 amide bonds. The summed E-state index contributed by atoms with van der Waals surface area (Å²) in [6, 6.07) is 20.8. The lowest BCUT2D eigenvalue weighted by Crippen LogP contribution is -2.23. The smallest absolute Gasteiger partial charge is 0.266 e. The number of hydrogen-bond acceptors (Lipinski definition) is 2. The Morgan fingerprint density at radius 1 is 0.909 bits per heavy atom. The third kappa shape index (κ3) is 3.43. The number of aryl methyl sites for hydroxylation is 2. The Labute approximate surface area is 133 Å². The molecule has 0 bridgehead atoms. The van der Waals surface area contributed by atoms with Crippen molar-refractivity contribution < 1.29 is 0 Å². The Hall–Kier alpha value is -2.39. The Kier molecular flexibility index (Phi) is 4.35. The zero-order chi connectivity index (χ0) is 15.4. The van der Waals surface area contributed by atoms with Crippen molar-refractivity contribution in [3.05, 3.63) is 87.7 Å². The molecule has 0 aliphatic carbocycles. The van der Waals surface area contributed by atoms with E-state index in [1.54, 1.807) is 12.1 Å². The fraction of sp³-hybridized carbons (Fsp3) is 0.111. The maximum atomic E-state index is 12.0. The molecule has 0 saturated carbocycles. The highest BCUT2D eigenvalue weighted by Crippen LogP contribution is 2.18. The Morgan fingerprint density at radius 2 is 1.64 bits per heavy atom. The van der Waals surface area contributed by atoms with Crippen LogP contribution in [0.4, 0.5) is 0 Å². The van der Waals surface area contributed by atoms with E-state index in [4.69, 9.17) is 11.6 Å². The maximum Gasteiger partial charge on any atom is 0.266 e. The van der Waals surface area contributed by atoms with Gasteiger partial charge in [-0.1, -0.05) is 54.1 Å². The lowest BCUT2D eigenvalue weighted by molar-refractivity contribution is 0.581. The number of benzene rings is 2. The van der Waals surface area contributed by atoms with Gasteiger partial charge in [0.2, 0.25) is 0 Å². The van der Waals surface area contributed by atoms with Crippen molar-refractivity contribution >= 4 is 11.6 Å². The average Bonchev–Trinajstić information content (AvgIpc) is 2.56. The summed E-state index contributed by atoms with van der Waals surface area (Å²) in [6.45, 7) is 0.560. The predicted molar refractivity (Wildman–Crippen MR) is 89.1 cm³/mol. The van der Waals surface area contributed by atoms with Gasteiger partial charge in [0.1, 0.15) is 0 Å². The highest BCUT2D eigenvalue weighted by molar-refractivity contribution is 6.30. The van der Waals surface area contributed by atoms with Crippen LogP contribution in [0.3, 0.4) is 0 Å². The first-order valence-corrected chi connectivity index (χ1v) is 7.48. The molecule has 0 N–H and O–H groups in total. The van der Waals surface area contributed by atoms with Crippen molar-refractivity contribution in [2.75, 3.05) is 0 Å². The minimum absolute atomic E-state index is 0.0892. The molecule has 0 aliphatic rings. The second kappa shape index (κ2) is 6.58. The normalized spacial score (nSPS) is 10.6. The van der Waals surface area contributed by atoms with Gasteiger partial charge in [-0.05, 0) is 30.2 Å². The number of hydrogen-bond donors (Lipinski definition) is 0. The fourth-order valence-electron chi connectivity index (χ4n) is 2.26. The van der Waals surface area contributed by atoms with Crippen molar-refractivity contribution in [2.45, 2.75) is 13.0 Å². The van der Waals surface area contributed by atoms with Crippen LogP contribution in [0.5, 0.6) is 0 Å². The Morgan fingerprint density at radius 3 is 2.36 bits per heavy atom. The zero-order valence-corrected chi connectivity index (χ0v) is 12.7. The van der Waals surface area contributed by atoms with E-state index in [9.17, 15) is 4.79 Å². The van der Waals surface area contributed by atoms with Crippen LogP contribution in [0.1, 0.15) is 5.56 Å². The first-order chi connectivity index (χ1) is 10.7. The number of aromatic nitrogens is 2. The minimum Gasteiger partial charge on any atom is -0.268 e. The molecule has 0 atom stereocenters. The molecule has 1 aromatic heterocycles. The quantitative estimate of drug-likeness (QED) is 0.734. The summed E-state index contributed by atoms with van der Waals surface area (Å²) in [5.41, 5.74) is 2.81. The van der Waals surface area contributed by atoms with Gasteiger partial charge in [0.25, 0.3) is 5.56 Å². The van der Waals surface area contributed by atoms with Gasteiger partial charge >= 0.3 is 0 Å². The SMILES string of the molecule is O=c1ccc(-c2ccc(Cl)cc2)nn1CCc1ccccc1. The van der Waals surface area contributed by atoms with Crippen LogP contribution in [-0.4, -0.2) is 9.78 Å². The van der Waals surface area contributed by atoms with Crippen molar-refractivity contribution in [1.82, 2.24) is 9.78 Å². The number of nitrogens with zero attached hydrogens (tertiary/aromatic N) is 2. The fourth-order valence-corrected chi connectivity index (χ4v) is 2.39. The molecule has 0 spiro atoms. The van der Waals surface area contributed by atoms with Crippen molar-refractivity contribution in [1.29, 1.82) is 0 Å². The van der Waals surface area contributed by atoms with E-state index in [1.165, 1.54) is 10.2 Å². The molecular formula is C18H15ClN2O. The van der Waals surface area contributed by atoms with E-state index in [2.05, 4.69) is 5.10 Å². The van der Waals surface area contributed by atoms with Crippen LogP contribution in [0.25, 0.3) is 11.3 Å². The summed E-state index contributed by atoms with van der Waals surface area (Å²) in [6.07, 6.45) is 0.776. The third-order valence-corrected chi connectivity index (χ3v) is 3.71. The van der Waals surface area contributed by atoms with E-state index in [0.29, 0.717) is 11.6 Å². The highest BCUT2D eigenvalue weighted by Gasteiger charge is 2.04. The van der Waals surface area contributed by atoms with E-state index < -0.39 is 0 Å². The van der Waals surface area contributed by atoms with Gasteiger partial charge in [-0.2, -0.15) is 5.10 Å². The van der Waals surface area contributed by atoms with Crippen LogP contribution in [-0.2, 0) is 13.0 Å². The highest BCUT2D eigenvalue weighted by atomic mass is 35.5. The van der Waals surface area contributed by atoms with E-state index >= 15 is 0 Å². The van der Waals surface area contributed by atoms with Crippen molar-refractivity contribution in [3.8, 4) is 11.3 Å². The summed E-state index contributed by atoms with van der Waals surface area (Å²) in [5, 5.41) is 5.13. The zero-order valence-electron chi connectivity index (χ0n) is 11.9. The van der Waals surface area contributed by atoms with Crippen LogP contribution in [0.2, 0.25) is 5.02 Å². The molecule has 0 fully saturated rings. The monoisotopic (exact) mass is 310 g/mol. The standard InChI is InChI=1S/C18H15ClN2O/c19-16-8-6-15(7-9-16)17-10-11-18(22)21(20-17)13-12-14-4-2-1-3-5-14/h1-11H,12-13H2. The molecule has 2 aromatic carbocycles. The molecule has 0 aliphatic heterocycles. The number of rotatable bonds is 4. The van der Waals surface area contributed by atoms with Crippen molar-refractivity contribution in [2.24, 2.45) is 0 Å². The largest absolute Gasteiger partial charge is 0.268 e. The first-order valence-electron chi connectivity index (χ1n) is 7.10.